The summed E-state index contributed by atoms with van der Waals surface area (Å²) in [5.74, 6) is -0.392. The van der Waals surface area contributed by atoms with E-state index >= 15 is 0 Å². The van der Waals surface area contributed by atoms with Gasteiger partial charge in [0.1, 0.15) is 24.1 Å². The first kappa shape index (κ1) is 16.1. The summed E-state index contributed by atoms with van der Waals surface area (Å²) < 4.78 is 33.8. The fourth-order valence-corrected chi connectivity index (χ4v) is 3.93. The number of nitrogens with zero attached hydrogens (tertiary/aromatic N) is 3. The van der Waals surface area contributed by atoms with Crippen LogP contribution in [0.5, 0.6) is 5.88 Å². The summed E-state index contributed by atoms with van der Waals surface area (Å²) in [5.41, 5.74) is -0.151. The van der Waals surface area contributed by atoms with Gasteiger partial charge in [0.05, 0.1) is 12.1 Å². The zero-order valence-corrected chi connectivity index (χ0v) is 14.0. The number of benzene rings is 1. The van der Waals surface area contributed by atoms with E-state index in [-0.39, 0.29) is 29.3 Å². The highest BCUT2D eigenvalue weighted by atomic mass is 19.1. The maximum absolute atomic E-state index is 13.7. The summed E-state index contributed by atoms with van der Waals surface area (Å²) in [7, 11) is 1.99. The highest BCUT2D eigenvalue weighted by molar-refractivity contribution is 5.49. The van der Waals surface area contributed by atoms with Crippen LogP contribution < -0.4 is 15.3 Å². The molecule has 1 fully saturated rings. The Labute approximate surface area is 143 Å². The van der Waals surface area contributed by atoms with Crippen LogP contribution in [0.25, 0.3) is 0 Å². The minimum Gasteiger partial charge on any atom is -0.472 e. The number of ether oxygens (including phenoxy) is 1. The molecule has 0 bridgehead atoms. The van der Waals surface area contributed by atoms with Gasteiger partial charge < -0.3 is 9.64 Å². The van der Waals surface area contributed by atoms with Crippen molar-refractivity contribution in [3.63, 3.8) is 0 Å². The fourth-order valence-electron chi connectivity index (χ4n) is 3.93. The average molecular weight is 347 g/mol. The van der Waals surface area contributed by atoms with Crippen molar-refractivity contribution in [2.75, 3.05) is 11.9 Å². The molecule has 5 nitrogen and oxygen atoms in total. The third-order valence-corrected chi connectivity index (χ3v) is 5.40. The van der Waals surface area contributed by atoms with Crippen LogP contribution in [-0.2, 0) is 13.2 Å². The number of rotatable bonds is 3. The van der Waals surface area contributed by atoms with Gasteiger partial charge in [-0.2, -0.15) is 4.98 Å². The standard InChI is InChI=1S/C18H19F2N3O2/c1-22-16-9-15(25-10-12-4-5-13(19)8-14(12)20)21-17(24)23(16)11-18(22)6-2-3-7-18/h4-5,8-9H,2-3,6-7,10-11H2,1H3. The molecule has 4 rings (SSSR count). The first-order valence-electron chi connectivity index (χ1n) is 8.41. The fraction of sp³-hybridized carbons (Fsp3) is 0.444. The van der Waals surface area contributed by atoms with Crippen molar-refractivity contribution < 1.29 is 13.5 Å². The number of hydrogen-bond donors (Lipinski definition) is 0. The lowest BCUT2D eigenvalue weighted by atomic mass is 9.97. The molecular weight excluding hydrogens is 328 g/mol. The molecule has 1 spiro atoms. The number of aromatic nitrogens is 2. The van der Waals surface area contributed by atoms with Gasteiger partial charge in [0, 0.05) is 24.7 Å². The molecule has 1 aromatic heterocycles. The number of anilines is 1. The van der Waals surface area contributed by atoms with Crippen LogP contribution in [0.2, 0.25) is 0 Å². The first-order valence-corrected chi connectivity index (χ1v) is 8.41. The maximum atomic E-state index is 13.7. The molecule has 0 amide bonds. The lowest BCUT2D eigenvalue weighted by Crippen LogP contribution is -2.41. The van der Waals surface area contributed by atoms with Crippen molar-refractivity contribution in [2.24, 2.45) is 0 Å². The smallest absolute Gasteiger partial charge is 0.352 e. The van der Waals surface area contributed by atoms with E-state index in [1.807, 2.05) is 7.05 Å². The Bertz CT molecular complexity index is 875. The van der Waals surface area contributed by atoms with Gasteiger partial charge in [-0.3, -0.25) is 4.57 Å². The van der Waals surface area contributed by atoms with Crippen LogP contribution in [-0.4, -0.2) is 22.1 Å². The van der Waals surface area contributed by atoms with E-state index in [2.05, 4.69) is 9.88 Å². The van der Waals surface area contributed by atoms with Crippen molar-refractivity contribution >= 4 is 5.82 Å². The molecular formula is C18H19F2N3O2. The topological polar surface area (TPSA) is 47.4 Å². The van der Waals surface area contributed by atoms with Gasteiger partial charge in [0.15, 0.2) is 0 Å². The van der Waals surface area contributed by atoms with E-state index < -0.39 is 11.6 Å². The minimum absolute atomic E-state index is 0.00444. The Balaban J connectivity index is 1.58. The summed E-state index contributed by atoms with van der Waals surface area (Å²) >= 11 is 0. The number of fused-ring (bicyclic) bond motifs is 1. The molecule has 7 heteroatoms. The van der Waals surface area contributed by atoms with Crippen LogP contribution in [0.3, 0.4) is 0 Å². The predicted molar refractivity (Wildman–Crippen MR) is 88.8 cm³/mol. The second kappa shape index (κ2) is 5.82. The lowest BCUT2D eigenvalue weighted by Gasteiger charge is -2.32. The Hall–Kier alpha value is -2.44. The maximum Gasteiger partial charge on any atom is 0.352 e. The summed E-state index contributed by atoms with van der Waals surface area (Å²) in [5, 5.41) is 0. The second-order valence-electron chi connectivity index (χ2n) is 6.84. The van der Waals surface area contributed by atoms with Gasteiger partial charge >= 0.3 is 5.69 Å². The molecule has 0 N–H and O–H groups in total. The summed E-state index contributed by atoms with van der Waals surface area (Å²) in [6.07, 6.45) is 4.44. The monoisotopic (exact) mass is 347 g/mol. The molecule has 1 aromatic carbocycles. The summed E-state index contributed by atoms with van der Waals surface area (Å²) in [4.78, 5) is 18.5. The van der Waals surface area contributed by atoms with Gasteiger partial charge in [-0.25, -0.2) is 13.6 Å². The molecule has 2 aliphatic rings. The molecule has 25 heavy (non-hydrogen) atoms. The van der Waals surface area contributed by atoms with Crippen LogP contribution in [0.15, 0.2) is 29.1 Å². The van der Waals surface area contributed by atoms with Crippen LogP contribution in [0, 0.1) is 11.6 Å². The molecule has 0 atom stereocenters. The number of halogens is 2. The van der Waals surface area contributed by atoms with Gasteiger partial charge in [-0.15, -0.1) is 0 Å². The molecule has 2 aromatic rings. The lowest BCUT2D eigenvalue weighted by molar-refractivity contribution is 0.285. The average Bonchev–Trinajstić information content (AvgIpc) is 3.15. The first-order chi connectivity index (χ1) is 12.0. The number of hydrogen-bond acceptors (Lipinski definition) is 4. The zero-order valence-electron chi connectivity index (χ0n) is 14.0. The van der Waals surface area contributed by atoms with Crippen LogP contribution >= 0.6 is 0 Å². The third kappa shape index (κ3) is 2.67. The molecule has 1 aliphatic carbocycles. The van der Waals surface area contributed by atoms with Gasteiger partial charge in [-0.05, 0) is 25.0 Å². The molecule has 2 heterocycles. The summed E-state index contributed by atoms with van der Waals surface area (Å²) in [6.45, 7) is 0.536. The van der Waals surface area contributed by atoms with Crippen LogP contribution in [0.1, 0.15) is 31.2 Å². The Morgan fingerprint density at radius 2 is 2.00 bits per heavy atom. The van der Waals surface area contributed by atoms with Gasteiger partial charge in [0.25, 0.3) is 0 Å². The van der Waals surface area contributed by atoms with E-state index in [0.29, 0.717) is 6.54 Å². The van der Waals surface area contributed by atoms with E-state index in [0.717, 1.165) is 37.6 Å². The minimum atomic E-state index is -0.681. The highest BCUT2D eigenvalue weighted by Gasteiger charge is 2.44. The van der Waals surface area contributed by atoms with Gasteiger partial charge in [-0.1, -0.05) is 12.8 Å². The molecule has 1 saturated carbocycles. The molecule has 1 aliphatic heterocycles. The van der Waals surface area contributed by atoms with E-state index in [1.54, 1.807) is 10.6 Å². The molecule has 132 valence electrons. The van der Waals surface area contributed by atoms with Crippen molar-refractivity contribution in [1.29, 1.82) is 0 Å². The Morgan fingerprint density at radius 3 is 2.72 bits per heavy atom. The van der Waals surface area contributed by atoms with E-state index in [1.165, 1.54) is 12.1 Å². The normalized spacial score (nSPS) is 18.0. The third-order valence-electron chi connectivity index (χ3n) is 5.40. The van der Waals surface area contributed by atoms with E-state index in [4.69, 9.17) is 4.74 Å². The van der Waals surface area contributed by atoms with E-state index in [9.17, 15) is 13.6 Å². The molecule has 0 unspecified atom stereocenters. The number of likely N-dealkylation sites (N-methyl/N-ethyl adjacent to an activating group) is 1. The quantitative estimate of drug-likeness (QED) is 0.857. The second-order valence-corrected chi connectivity index (χ2v) is 6.84. The molecule has 0 saturated heterocycles. The van der Waals surface area contributed by atoms with Crippen LogP contribution in [0.4, 0.5) is 14.6 Å². The Morgan fingerprint density at radius 1 is 1.24 bits per heavy atom. The highest BCUT2D eigenvalue weighted by Crippen LogP contribution is 2.43. The largest absolute Gasteiger partial charge is 0.472 e. The molecule has 0 radical (unpaired) electrons. The zero-order chi connectivity index (χ0) is 17.6. The van der Waals surface area contributed by atoms with Crippen molar-refractivity contribution in [3.05, 3.63) is 51.9 Å². The van der Waals surface area contributed by atoms with Crippen molar-refractivity contribution in [1.82, 2.24) is 9.55 Å². The SMILES string of the molecule is CN1c2cc(OCc3ccc(F)cc3F)nc(=O)n2CC12CCCC2. The van der Waals surface area contributed by atoms with Crippen molar-refractivity contribution in [2.45, 2.75) is 44.4 Å². The summed E-state index contributed by atoms with van der Waals surface area (Å²) in [6, 6.07) is 5.02. The Kier molecular flexibility index (Phi) is 3.74. The predicted octanol–water partition coefficient (Wildman–Crippen LogP) is 2.86. The van der Waals surface area contributed by atoms with Crippen molar-refractivity contribution in [3.8, 4) is 5.88 Å². The van der Waals surface area contributed by atoms with Gasteiger partial charge in [0.2, 0.25) is 5.88 Å².